The SMILES string of the molecule is N#CCC(C#N)=CN1CCCC1. The molecule has 0 aromatic carbocycles. The molecule has 1 rings (SSSR count). The Kier molecular flexibility index (Phi) is 3.17. The van der Waals surface area contributed by atoms with Crippen molar-refractivity contribution in [1.82, 2.24) is 4.90 Å². The summed E-state index contributed by atoms with van der Waals surface area (Å²) >= 11 is 0. The number of hydrogen-bond acceptors (Lipinski definition) is 3. The average Bonchev–Trinajstić information content (AvgIpc) is 2.56. The molecule has 0 unspecified atom stereocenters. The maximum absolute atomic E-state index is 8.62. The molecule has 1 aliphatic heterocycles. The lowest BCUT2D eigenvalue weighted by Crippen LogP contribution is -2.11. The van der Waals surface area contributed by atoms with Crippen LogP contribution in [0.3, 0.4) is 0 Å². The summed E-state index contributed by atoms with van der Waals surface area (Å²) in [6.07, 6.45) is 4.44. The number of allylic oxidation sites excluding steroid dienone is 1. The second-order valence-electron chi connectivity index (χ2n) is 2.84. The van der Waals surface area contributed by atoms with E-state index in [0.717, 1.165) is 13.1 Å². The summed E-state index contributed by atoms with van der Waals surface area (Å²) in [6, 6.07) is 4.00. The van der Waals surface area contributed by atoms with Crippen LogP contribution in [-0.4, -0.2) is 18.0 Å². The Morgan fingerprint density at radius 1 is 1.33 bits per heavy atom. The topological polar surface area (TPSA) is 50.8 Å². The molecule has 0 N–H and O–H groups in total. The van der Waals surface area contributed by atoms with Gasteiger partial charge in [0.05, 0.1) is 24.1 Å². The van der Waals surface area contributed by atoms with Gasteiger partial charge in [0.15, 0.2) is 0 Å². The largest absolute Gasteiger partial charge is 0.377 e. The highest BCUT2D eigenvalue weighted by atomic mass is 15.1. The predicted molar refractivity (Wildman–Crippen MR) is 44.7 cm³/mol. The molecule has 0 spiro atoms. The maximum atomic E-state index is 8.62. The van der Waals surface area contributed by atoms with Crippen LogP contribution in [0.25, 0.3) is 0 Å². The van der Waals surface area contributed by atoms with E-state index in [1.807, 2.05) is 18.3 Å². The standard InChI is InChI=1S/C9H11N3/c10-4-3-9(7-11)8-12-5-1-2-6-12/h8H,1-3,5-6H2. The van der Waals surface area contributed by atoms with E-state index in [4.69, 9.17) is 10.5 Å². The fourth-order valence-electron chi connectivity index (χ4n) is 1.29. The minimum atomic E-state index is 0.229. The van der Waals surface area contributed by atoms with E-state index >= 15 is 0 Å². The van der Waals surface area contributed by atoms with E-state index in [1.54, 1.807) is 0 Å². The maximum Gasteiger partial charge on any atom is 0.0973 e. The summed E-state index contributed by atoms with van der Waals surface area (Å²) in [7, 11) is 0. The smallest absolute Gasteiger partial charge is 0.0973 e. The van der Waals surface area contributed by atoms with Gasteiger partial charge in [-0.25, -0.2) is 0 Å². The summed E-state index contributed by atoms with van der Waals surface area (Å²) in [5.74, 6) is 0. The minimum absolute atomic E-state index is 0.229. The predicted octanol–water partition coefficient (Wildman–Crippen LogP) is 1.40. The van der Waals surface area contributed by atoms with Crippen LogP contribution in [0.1, 0.15) is 19.3 Å². The number of hydrogen-bond donors (Lipinski definition) is 0. The lowest BCUT2D eigenvalue weighted by atomic mass is 10.2. The fraction of sp³-hybridized carbons (Fsp3) is 0.556. The second kappa shape index (κ2) is 4.41. The summed E-state index contributed by atoms with van der Waals surface area (Å²) < 4.78 is 0. The molecule has 0 aliphatic carbocycles. The molecule has 0 bridgehead atoms. The third-order valence-electron chi connectivity index (χ3n) is 1.89. The third-order valence-corrected chi connectivity index (χ3v) is 1.89. The van der Waals surface area contributed by atoms with Crippen molar-refractivity contribution >= 4 is 0 Å². The minimum Gasteiger partial charge on any atom is -0.377 e. The van der Waals surface area contributed by atoms with Gasteiger partial charge in [-0.2, -0.15) is 10.5 Å². The van der Waals surface area contributed by atoms with Crippen molar-refractivity contribution in [2.75, 3.05) is 13.1 Å². The molecule has 0 atom stereocenters. The third kappa shape index (κ3) is 2.29. The summed E-state index contributed by atoms with van der Waals surface area (Å²) in [5.41, 5.74) is 0.569. The number of nitriles is 2. The first-order valence-corrected chi connectivity index (χ1v) is 4.08. The summed E-state index contributed by atoms with van der Waals surface area (Å²) in [5, 5.41) is 17.0. The van der Waals surface area contributed by atoms with Crippen molar-refractivity contribution in [3.8, 4) is 12.1 Å². The van der Waals surface area contributed by atoms with Gasteiger partial charge in [0.2, 0.25) is 0 Å². The molecule has 0 amide bonds. The molecule has 1 heterocycles. The van der Waals surface area contributed by atoms with Gasteiger partial charge in [0, 0.05) is 19.3 Å². The lowest BCUT2D eigenvalue weighted by Gasteiger charge is -2.10. The molecule has 0 aromatic rings. The van der Waals surface area contributed by atoms with Gasteiger partial charge in [0.1, 0.15) is 0 Å². The molecule has 0 saturated carbocycles. The van der Waals surface area contributed by atoms with Crippen LogP contribution in [0, 0.1) is 22.7 Å². The highest BCUT2D eigenvalue weighted by molar-refractivity contribution is 5.23. The molecule has 62 valence electrons. The summed E-state index contributed by atoms with van der Waals surface area (Å²) in [4.78, 5) is 2.11. The zero-order valence-corrected chi connectivity index (χ0v) is 6.95. The Morgan fingerprint density at radius 3 is 2.50 bits per heavy atom. The van der Waals surface area contributed by atoms with Gasteiger partial charge in [-0.1, -0.05) is 0 Å². The Hall–Kier alpha value is -1.48. The van der Waals surface area contributed by atoms with Crippen molar-refractivity contribution in [3.05, 3.63) is 11.8 Å². The van der Waals surface area contributed by atoms with Gasteiger partial charge in [-0.15, -0.1) is 0 Å². The van der Waals surface area contributed by atoms with Crippen LogP contribution in [0.15, 0.2) is 11.8 Å². The zero-order valence-electron chi connectivity index (χ0n) is 6.95. The van der Waals surface area contributed by atoms with Crippen LogP contribution in [0.5, 0.6) is 0 Å². The van der Waals surface area contributed by atoms with E-state index in [2.05, 4.69) is 4.90 Å². The van der Waals surface area contributed by atoms with Gasteiger partial charge < -0.3 is 4.90 Å². The van der Waals surface area contributed by atoms with Gasteiger partial charge in [0.25, 0.3) is 0 Å². The first-order valence-electron chi connectivity index (χ1n) is 4.08. The molecule has 0 aromatic heterocycles. The van der Waals surface area contributed by atoms with Crippen molar-refractivity contribution < 1.29 is 0 Å². The first-order chi connectivity index (χ1) is 5.86. The molecule has 1 fully saturated rings. The number of nitrogens with zero attached hydrogens (tertiary/aromatic N) is 3. The van der Waals surface area contributed by atoms with Crippen molar-refractivity contribution in [1.29, 1.82) is 10.5 Å². The molecule has 1 aliphatic rings. The van der Waals surface area contributed by atoms with E-state index in [1.165, 1.54) is 12.8 Å². The van der Waals surface area contributed by atoms with Gasteiger partial charge in [-0.3, -0.25) is 0 Å². The molecular formula is C9H11N3. The van der Waals surface area contributed by atoms with E-state index in [9.17, 15) is 0 Å². The Morgan fingerprint density at radius 2 is 2.00 bits per heavy atom. The van der Waals surface area contributed by atoms with Crippen LogP contribution in [0.4, 0.5) is 0 Å². The Labute approximate surface area is 72.5 Å². The number of likely N-dealkylation sites (tertiary alicyclic amines) is 1. The van der Waals surface area contributed by atoms with Crippen molar-refractivity contribution in [2.24, 2.45) is 0 Å². The van der Waals surface area contributed by atoms with E-state index < -0.39 is 0 Å². The Balaban J connectivity index is 2.53. The van der Waals surface area contributed by atoms with Crippen molar-refractivity contribution in [3.63, 3.8) is 0 Å². The monoisotopic (exact) mass is 161 g/mol. The fourth-order valence-corrected chi connectivity index (χ4v) is 1.29. The zero-order chi connectivity index (χ0) is 8.81. The van der Waals surface area contributed by atoms with Crippen molar-refractivity contribution in [2.45, 2.75) is 19.3 Å². The number of rotatable bonds is 2. The summed E-state index contributed by atoms with van der Waals surface area (Å²) in [6.45, 7) is 2.05. The van der Waals surface area contributed by atoms with E-state index in [0.29, 0.717) is 5.57 Å². The van der Waals surface area contributed by atoms with E-state index in [-0.39, 0.29) is 6.42 Å². The average molecular weight is 161 g/mol. The molecule has 3 nitrogen and oxygen atoms in total. The van der Waals surface area contributed by atoms with Crippen LogP contribution in [-0.2, 0) is 0 Å². The lowest BCUT2D eigenvalue weighted by molar-refractivity contribution is 0.465. The molecule has 3 heteroatoms. The molecule has 0 radical (unpaired) electrons. The molecule has 1 saturated heterocycles. The Bertz CT molecular complexity index is 248. The van der Waals surface area contributed by atoms with Gasteiger partial charge >= 0.3 is 0 Å². The molecule has 12 heavy (non-hydrogen) atoms. The van der Waals surface area contributed by atoms with Crippen LogP contribution >= 0.6 is 0 Å². The normalized spacial score (nSPS) is 17.2. The van der Waals surface area contributed by atoms with Crippen LogP contribution in [0.2, 0.25) is 0 Å². The molecular weight excluding hydrogens is 150 g/mol. The highest BCUT2D eigenvalue weighted by Crippen LogP contribution is 2.10. The van der Waals surface area contributed by atoms with Gasteiger partial charge in [-0.05, 0) is 12.8 Å². The second-order valence-corrected chi connectivity index (χ2v) is 2.84. The van der Waals surface area contributed by atoms with Crippen LogP contribution < -0.4 is 0 Å². The first kappa shape index (κ1) is 8.62. The quantitative estimate of drug-likeness (QED) is 0.575. The highest BCUT2D eigenvalue weighted by Gasteiger charge is 2.08.